The van der Waals surface area contributed by atoms with E-state index in [1.54, 1.807) is 6.07 Å². The molecule has 0 aliphatic carbocycles. The average molecular weight is 277 g/mol. The van der Waals surface area contributed by atoms with Crippen LogP contribution in [0.3, 0.4) is 0 Å². The Kier molecular flexibility index (Phi) is 4.38. The van der Waals surface area contributed by atoms with Crippen LogP contribution in [0.2, 0.25) is 0 Å². The van der Waals surface area contributed by atoms with Gasteiger partial charge in [0.2, 0.25) is 0 Å². The summed E-state index contributed by atoms with van der Waals surface area (Å²) in [5.74, 6) is -0.141. The second kappa shape index (κ2) is 5.85. The molecule has 0 spiro atoms. The van der Waals surface area contributed by atoms with Gasteiger partial charge in [-0.3, -0.25) is 0 Å². The molecule has 0 bridgehead atoms. The fraction of sp³-hybridized carbons (Fsp3) is 0.375. The number of rotatable bonds is 4. The molecule has 2 aromatic rings. The van der Waals surface area contributed by atoms with Crippen LogP contribution in [-0.4, -0.2) is 6.54 Å². The summed E-state index contributed by atoms with van der Waals surface area (Å²) in [5, 5.41) is 3.49. The van der Waals surface area contributed by atoms with Crippen LogP contribution in [-0.2, 0) is 0 Å². The molecule has 1 nitrogen and oxygen atoms in total. The number of aryl methyl sites for hydroxylation is 3. The molecular formula is C16H20FNS. The standard InChI is InChI=1S/C16H20FNS/c1-5-18-16(15-9-10(2)12(4)19-15)13-6-7-14(17)11(3)8-13/h6-9,16,18H,5H2,1-4H3. The van der Waals surface area contributed by atoms with E-state index >= 15 is 0 Å². The van der Waals surface area contributed by atoms with Gasteiger partial charge in [0.15, 0.2) is 0 Å². The topological polar surface area (TPSA) is 12.0 Å². The molecule has 1 N–H and O–H groups in total. The van der Waals surface area contributed by atoms with Gasteiger partial charge in [-0.05, 0) is 56.1 Å². The quantitative estimate of drug-likeness (QED) is 0.867. The second-order valence-corrected chi connectivity index (χ2v) is 6.18. The normalized spacial score (nSPS) is 12.7. The van der Waals surface area contributed by atoms with Crippen molar-refractivity contribution in [2.45, 2.75) is 33.7 Å². The fourth-order valence-electron chi connectivity index (χ4n) is 2.18. The molecule has 0 amide bonds. The van der Waals surface area contributed by atoms with Crippen molar-refractivity contribution in [2.24, 2.45) is 0 Å². The minimum absolute atomic E-state index is 0.141. The lowest BCUT2D eigenvalue weighted by atomic mass is 10.0. The summed E-state index contributed by atoms with van der Waals surface area (Å²) in [5.41, 5.74) is 3.15. The monoisotopic (exact) mass is 277 g/mol. The smallest absolute Gasteiger partial charge is 0.126 e. The van der Waals surface area contributed by atoms with E-state index in [2.05, 4.69) is 32.2 Å². The number of nitrogens with one attached hydrogen (secondary N) is 1. The summed E-state index contributed by atoms with van der Waals surface area (Å²) >= 11 is 1.81. The molecule has 1 unspecified atom stereocenters. The molecule has 0 saturated heterocycles. The maximum absolute atomic E-state index is 13.4. The van der Waals surface area contributed by atoms with Crippen molar-refractivity contribution in [3.8, 4) is 0 Å². The number of hydrogen-bond donors (Lipinski definition) is 1. The Morgan fingerprint density at radius 1 is 1.16 bits per heavy atom. The zero-order chi connectivity index (χ0) is 14.0. The van der Waals surface area contributed by atoms with Crippen LogP contribution in [0.25, 0.3) is 0 Å². The van der Waals surface area contributed by atoms with Crippen molar-refractivity contribution in [1.82, 2.24) is 5.32 Å². The number of hydrogen-bond acceptors (Lipinski definition) is 2. The van der Waals surface area contributed by atoms with Gasteiger partial charge >= 0.3 is 0 Å². The largest absolute Gasteiger partial charge is 0.306 e. The first-order chi connectivity index (χ1) is 9.02. The van der Waals surface area contributed by atoms with Crippen LogP contribution in [0, 0.1) is 26.6 Å². The third-order valence-corrected chi connectivity index (χ3v) is 4.61. The highest BCUT2D eigenvalue weighted by Crippen LogP contribution is 2.31. The Labute approximate surface area is 118 Å². The molecule has 0 radical (unpaired) electrons. The van der Waals surface area contributed by atoms with Crippen LogP contribution >= 0.6 is 11.3 Å². The molecule has 1 aromatic carbocycles. The van der Waals surface area contributed by atoms with E-state index in [1.165, 1.54) is 15.3 Å². The van der Waals surface area contributed by atoms with Crippen molar-refractivity contribution < 1.29 is 4.39 Å². The second-order valence-electron chi connectivity index (χ2n) is 4.89. The third-order valence-electron chi connectivity index (χ3n) is 3.39. The highest BCUT2D eigenvalue weighted by Gasteiger charge is 2.16. The van der Waals surface area contributed by atoms with Crippen molar-refractivity contribution in [2.75, 3.05) is 6.54 Å². The molecule has 0 fully saturated rings. The zero-order valence-electron chi connectivity index (χ0n) is 11.9. The van der Waals surface area contributed by atoms with E-state index in [0.717, 1.165) is 12.1 Å². The van der Waals surface area contributed by atoms with Gasteiger partial charge in [0, 0.05) is 9.75 Å². The molecule has 1 heterocycles. The summed E-state index contributed by atoms with van der Waals surface area (Å²) in [6.07, 6.45) is 0. The van der Waals surface area contributed by atoms with Gasteiger partial charge in [0.05, 0.1) is 6.04 Å². The van der Waals surface area contributed by atoms with Crippen LogP contribution in [0.5, 0.6) is 0 Å². The molecule has 3 heteroatoms. The minimum Gasteiger partial charge on any atom is -0.306 e. The molecule has 19 heavy (non-hydrogen) atoms. The average Bonchev–Trinajstić information content (AvgIpc) is 2.70. The van der Waals surface area contributed by atoms with E-state index in [0.29, 0.717) is 5.56 Å². The van der Waals surface area contributed by atoms with Crippen molar-refractivity contribution in [3.05, 3.63) is 56.5 Å². The predicted octanol–water partition coefficient (Wildman–Crippen LogP) is 4.51. The fourth-order valence-corrected chi connectivity index (χ4v) is 3.32. The van der Waals surface area contributed by atoms with Crippen LogP contribution in [0.15, 0.2) is 24.3 Å². The molecular weight excluding hydrogens is 257 g/mol. The number of halogens is 1. The lowest BCUT2D eigenvalue weighted by molar-refractivity contribution is 0.609. The van der Waals surface area contributed by atoms with Gasteiger partial charge in [-0.15, -0.1) is 11.3 Å². The highest BCUT2D eigenvalue weighted by atomic mass is 32.1. The van der Waals surface area contributed by atoms with Crippen molar-refractivity contribution in [1.29, 1.82) is 0 Å². The van der Waals surface area contributed by atoms with E-state index < -0.39 is 0 Å². The summed E-state index contributed by atoms with van der Waals surface area (Å²) in [4.78, 5) is 2.64. The Bertz CT molecular complexity index is 555. The number of benzene rings is 1. The van der Waals surface area contributed by atoms with E-state index in [1.807, 2.05) is 30.4 Å². The van der Waals surface area contributed by atoms with Crippen molar-refractivity contribution in [3.63, 3.8) is 0 Å². The third kappa shape index (κ3) is 3.04. The molecule has 1 aromatic heterocycles. The maximum atomic E-state index is 13.4. The molecule has 0 aliphatic heterocycles. The van der Waals surface area contributed by atoms with E-state index in [4.69, 9.17) is 0 Å². The molecule has 1 atom stereocenters. The van der Waals surface area contributed by atoms with Crippen molar-refractivity contribution >= 4 is 11.3 Å². The molecule has 102 valence electrons. The molecule has 0 aliphatic rings. The lowest BCUT2D eigenvalue weighted by Crippen LogP contribution is -2.21. The highest BCUT2D eigenvalue weighted by molar-refractivity contribution is 7.12. The van der Waals surface area contributed by atoms with Gasteiger partial charge in [-0.1, -0.05) is 19.1 Å². The Morgan fingerprint density at radius 3 is 2.42 bits per heavy atom. The van der Waals surface area contributed by atoms with Gasteiger partial charge in [-0.25, -0.2) is 4.39 Å². The van der Waals surface area contributed by atoms with Gasteiger partial charge in [0.1, 0.15) is 5.82 Å². The first-order valence-corrected chi connectivity index (χ1v) is 7.41. The summed E-state index contributed by atoms with van der Waals surface area (Å²) < 4.78 is 13.4. The predicted molar refractivity (Wildman–Crippen MR) is 80.4 cm³/mol. The first kappa shape index (κ1) is 14.2. The SMILES string of the molecule is CCNC(c1ccc(F)c(C)c1)c1cc(C)c(C)s1. The Balaban J connectivity index is 2.41. The lowest BCUT2D eigenvalue weighted by Gasteiger charge is -2.17. The summed E-state index contributed by atoms with van der Waals surface area (Å²) in [7, 11) is 0. The summed E-state index contributed by atoms with van der Waals surface area (Å²) in [6.45, 7) is 9.07. The van der Waals surface area contributed by atoms with E-state index in [9.17, 15) is 4.39 Å². The van der Waals surface area contributed by atoms with Crippen LogP contribution in [0.4, 0.5) is 4.39 Å². The Hall–Kier alpha value is -1.19. The number of thiophene rings is 1. The van der Waals surface area contributed by atoms with E-state index in [-0.39, 0.29) is 11.9 Å². The van der Waals surface area contributed by atoms with Gasteiger partial charge in [-0.2, -0.15) is 0 Å². The van der Waals surface area contributed by atoms with Crippen LogP contribution < -0.4 is 5.32 Å². The molecule has 2 rings (SSSR count). The maximum Gasteiger partial charge on any atom is 0.126 e. The zero-order valence-corrected chi connectivity index (χ0v) is 12.7. The van der Waals surface area contributed by atoms with Gasteiger partial charge < -0.3 is 5.32 Å². The minimum atomic E-state index is -0.141. The van der Waals surface area contributed by atoms with Crippen LogP contribution in [0.1, 0.15) is 39.4 Å². The summed E-state index contributed by atoms with van der Waals surface area (Å²) in [6, 6.07) is 7.75. The molecule has 0 saturated carbocycles. The first-order valence-electron chi connectivity index (χ1n) is 6.59. The Morgan fingerprint density at radius 2 is 1.89 bits per heavy atom. The van der Waals surface area contributed by atoms with Gasteiger partial charge in [0.25, 0.3) is 0 Å².